The average Bonchev–Trinajstić information content (AvgIpc) is 2.89. The SMILES string of the molecule is Cc1ccc(Cn2nc(C)c(C(=O)NCc3ccccc3)c2C)cc1. The Morgan fingerprint density at radius 1 is 0.960 bits per heavy atom. The zero-order valence-electron chi connectivity index (χ0n) is 14.9. The lowest BCUT2D eigenvalue weighted by atomic mass is 10.1. The van der Waals surface area contributed by atoms with Crippen LogP contribution in [0.15, 0.2) is 54.6 Å². The summed E-state index contributed by atoms with van der Waals surface area (Å²) in [7, 11) is 0. The third-order valence-electron chi connectivity index (χ3n) is 4.36. The number of aryl methyl sites for hydroxylation is 2. The molecular weight excluding hydrogens is 310 g/mol. The van der Waals surface area contributed by atoms with Crippen molar-refractivity contribution in [1.82, 2.24) is 15.1 Å². The number of nitrogens with one attached hydrogen (secondary N) is 1. The fourth-order valence-corrected chi connectivity index (χ4v) is 2.91. The maximum absolute atomic E-state index is 12.6. The van der Waals surface area contributed by atoms with E-state index in [1.165, 1.54) is 11.1 Å². The van der Waals surface area contributed by atoms with Gasteiger partial charge < -0.3 is 5.32 Å². The number of amides is 1. The predicted molar refractivity (Wildman–Crippen MR) is 99.6 cm³/mol. The molecule has 0 aliphatic carbocycles. The number of hydrogen-bond acceptors (Lipinski definition) is 2. The number of hydrogen-bond donors (Lipinski definition) is 1. The highest BCUT2D eigenvalue weighted by atomic mass is 16.1. The summed E-state index contributed by atoms with van der Waals surface area (Å²) in [6.07, 6.45) is 0. The molecule has 0 unspecified atom stereocenters. The number of aromatic nitrogens is 2. The zero-order valence-corrected chi connectivity index (χ0v) is 14.9. The van der Waals surface area contributed by atoms with Crippen molar-refractivity contribution in [2.24, 2.45) is 0 Å². The molecule has 0 radical (unpaired) electrons. The Labute approximate surface area is 148 Å². The molecule has 25 heavy (non-hydrogen) atoms. The van der Waals surface area contributed by atoms with Crippen LogP contribution < -0.4 is 5.32 Å². The standard InChI is InChI=1S/C21H23N3O/c1-15-9-11-19(12-10-15)14-24-17(3)20(16(2)23-24)21(25)22-13-18-7-5-4-6-8-18/h4-12H,13-14H2,1-3H3,(H,22,25). The maximum Gasteiger partial charge on any atom is 0.255 e. The van der Waals surface area contributed by atoms with Crippen molar-refractivity contribution in [3.63, 3.8) is 0 Å². The van der Waals surface area contributed by atoms with Crippen molar-refractivity contribution in [2.45, 2.75) is 33.9 Å². The summed E-state index contributed by atoms with van der Waals surface area (Å²) in [6.45, 7) is 7.09. The molecule has 128 valence electrons. The van der Waals surface area contributed by atoms with E-state index in [4.69, 9.17) is 0 Å². The molecular formula is C21H23N3O. The minimum atomic E-state index is -0.0750. The van der Waals surface area contributed by atoms with Crippen LogP contribution in [0, 0.1) is 20.8 Å². The van der Waals surface area contributed by atoms with Gasteiger partial charge in [0.25, 0.3) is 5.91 Å². The third kappa shape index (κ3) is 3.97. The molecule has 1 heterocycles. The van der Waals surface area contributed by atoms with Crippen molar-refractivity contribution < 1.29 is 4.79 Å². The maximum atomic E-state index is 12.6. The second-order valence-corrected chi connectivity index (χ2v) is 6.36. The normalized spacial score (nSPS) is 10.7. The van der Waals surface area contributed by atoms with Gasteiger partial charge in [0.1, 0.15) is 0 Å². The molecule has 0 spiro atoms. The fourth-order valence-electron chi connectivity index (χ4n) is 2.91. The Bertz CT molecular complexity index is 864. The second-order valence-electron chi connectivity index (χ2n) is 6.36. The van der Waals surface area contributed by atoms with Crippen LogP contribution in [-0.4, -0.2) is 15.7 Å². The Hall–Kier alpha value is -2.88. The monoisotopic (exact) mass is 333 g/mol. The van der Waals surface area contributed by atoms with Crippen LogP contribution in [0.3, 0.4) is 0 Å². The Morgan fingerprint density at radius 3 is 2.32 bits per heavy atom. The molecule has 1 amide bonds. The molecule has 3 rings (SSSR count). The Morgan fingerprint density at radius 2 is 1.64 bits per heavy atom. The van der Waals surface area contributed by atoms with Gasteiger partial charge in [-0.1, -0.05) is 60.2 Å². The van der Waals surface area contributed by atoms with E-state index in [0.717, 1.165) is 17.0 Å². The molecule has 3 aromatic rings. The van der Waals surface area contributed by atoms with E-state index in [1.54, 1.807) is 0 Å². The van der Waals surface area contributed by atoms with Crippen LogP contribution in [0.1, 0.15) is 38.4 Å². The molecule has 0 aliphatic heterocycles. The summed E-state index contributed by atoms with van der Waals surface area (Å²) >= 11 is 0. The van der Waals surface area contributed by atoms with Crippen LogP contribution in [0.4, 0.5) is 0 Å². The van der Waals surface area contributed by atoms with Crippen molar-refractivity contribution in [3.05, 3.63) is 88.2 Å². The number of benzene rings is 2. The molecule has 0 bridgehead atoms. The zero-order chi connectivity index (χ0) is 17.8. The lowest BCUT2D eigenvalue weighted by molar-refractivity contribution is 0.0949. The summed E-state index contributed by atoms with van der Waals surface area (Å²) in [4.78, 5) is 12.6. The van der Waals surface area contributed by atoms with Crippen LogP contribution in [-0.2, 0) is 13.1 Å². The van der Waals surface area contributed by atoms with Crippen molar-refractivity contribution in [2.75, 3.05) is 0 Å². The van der Waals surface area contributed by atoms with Gasteiger partial charge in [-0.3, -0.25) is 9.48 Å². The third-order valence-corrected chi connectivity index (χ3v) is 4.36. The van der Waals surface area contributed by atoms with E-state index >= 15 is 0 Å². The van der Waals surface area contributed by atoms with E-state index in [-0.39, 0.29) is 5.91 Å². The minimum absolute atomic E-state index is 0.0750. The van der Waals surface area contributed by atoms with E-state index in [1.807, 2.05) is 48.9 Å². The Balaban J connectivity index is 1.74. The molecule has 0 fully saturated rings. The smallest absolute Gasteiger partial charge is 0.255 e. The van der Waals surface area contributed by atoms with Crippen LogP contribution in [0.5, 0.6) is 0 Å². The number of nitrogens with zero attached hydrogens (tertiary/aromatic N) is 2. The summed E-state index contributed by atoms with van der Waals surface area (Å²) in [6, 6.07) is 18.3. The van der Waals surface area contributed by atoms with Crippen LogP contribution in [0.2, 0.25) is 0 Å². The van der Waals surface area contributed by atoms with Gasteiger partial charge >= 0.3 is 0 Å². The van der Waals surface area contributed by atoms with Crippen molar-refractivity contribution in [1.29, 1.82) is 0 Å². The number of carbonyl (C=O) groups excluding carboxylic acids is 1. The molecule has 1 N–H and O–H groups in total. The number of carbonyl (C=O) groups is 1. The summed E-state index contributed by atoms with van der Waals surface area (Å²) in [5.41, 5.74) is 5.81. The second kappa shape index (κ2) is 7.34. The quantitative estimate of drug-likeness (QED) is 0.772. The van der Waals surface area contributed by atoms with Gasteiger partial charge in [-0.25, -0.2) is 0 Å². The van der Waals surface area contributed by atoms with Crippen LogP contribution in [0.25, 0.3) is 0 Å². The van der Waals surface area contributed by atoms with E-state index in [0.29, 0.717) is 18.7 Å². The summed E-state index contributed by atoms with van der Waals surface area (Å²) < 4.78 is 1.90. The van der Waals surface area contributed by atoms with E-state index in [2.05, 4.69) is 41.6 Å². The molecule has 0 aliphatic rings. The van der Waals surface area contributed by atoms with E-state index < -0.39 is 0 Å². The lowest BCUT2D eigenvalue weighted by Gasteiger charge is -2.07. The topological polar surface area (TPSA) is 46.9 Å². The average molecular weight is 333 g/mol. The highest BCUT2D eigenvalue weighted by Crippen LogP contribution is 2.15. The highest BCUT2D eigenvalue weighted by molar-refractivity contribution is 5.96. The molecule has 4 nitrogen and oxygen atoms in total. The first-order valence-corrected chi connectivity index (χ1v) is 8.46. The van der Waals surface area contributed by atoms with Crippen molar-refractivity contribution in [3.8, 4) is 0 Å². The van der Waals surface area contributed by atoms with Gasteiger partial charge in [0.05, 0.1) is 17.8 Å². The summed E-state index contributed by atoms with van der Waals surface area (Å²) in [5, 5.41) is 7.55. The molecule has 4 heteroatoms. The molecule has 0 atom stereocenters. The van der Waals surface area contributed by atoms with Gasteiger partial charge in [-0.15, -0.1) is 0 Å². The minimum Gasteiger partial charge on any atom is -0.348 e. The first-order chi connectivity index (χ1) is 12.0. The van der Waals surface area contributed by atoms with Gasteiger partial charge in [0.15, 0.2) is 0 Å². The predicted octanol–water partition coefficient (Wildman–Crippen LogP) is 3.79. The lowest BCUT2D eigenvalue weighted by Crippen LogP contribution is -2.24. The van der Waals surface area contributed by atoms with Gasteiger partial charge in [0, 0.05) is 12.2 Å². The Kier molecular flexibility index (Phi) is 4.98. The highest BCUT2D eigenvalue weighted by Gasteiger charge is 2.18. The summed E-state index contributed by atoms with van der Waals surface area (Å²) in [5.74, 6) is -0.0750. The van der Waals surface area contributed by atoms with Crippen molar-refractivity contribution >= 4 is 5.91 Å². The number of rotatable bonds is 5. The largest absolute Gasteiger partial charge is 0.348 e. The van der Waals surface area contributed by atoms with E-state index in [9.17, 15) is 4.79 Å². The molecule has 2 aromatic carbocycles. The van der Waals surface area contributed by atoms with Gasteiger partial charge in [0.2, 0.25) is 0 Å². The first-order valence-electron chi connectivity index (χ1n) is 8.46. The fraction of sp³-hybridized carbons (Fsp3) is 0.238. The molecule has 0 saturated heterocycles. The molecule has 1 aromatic heterocycles. The first kappa shape index (κ1) is 17.0. The van der Waals surface area contributed by atoms with Gasteiger partial charge in [-0.2, -0.15) is 5.10 Å². The molecule has 0 saturated carbocycles. The van der Waals surface area contributed by atoms with Gasteiger partial charge in [-0.05, 0) is 31.9 Å². The van der Waals surface area contributed by atoms with Crippen LogP contribution >= 0.6 is 0 Å².